The van der Waals surface area contributed by atoms with Crippen LogP contribution in [0.3, 0.4) is 0 Å². The predicted molar refractivity (Wildman–Crippen MR) is 121 cm³/mol. The number of piperazine rings is 1. The Morgan fingerprint density at radius 1 is 0.938 bits per heavy atom. The summed E-state index contributed by atoms with van der Waals surface area (Å²) in [6.45, 7) is 4.95. The van der Waals surface area contributed by atoms with Crippen LogP contribution in [0.5, 0.6) is 0 Å². The lowest BCUT2D eigenvalue weighted by Gasteiger charge is -2.37. The van der Waals surface area contributed by atoms with Gasteiger partial charge in [-0.2, -0.15) is 0 Å². The molecule has 0 saturated carbocycles. The smallest absolute Gasteiger partial charge is 0.318 e. The minimum Gasteiger partial charge on any atom is -0.388 e. The number of rotatable bonds is 4. The molecule has 2 aromatic rings. The SMILES string of the molecule is CC(C)(O)[C@@H](NC(=O)N1CCN(c2ccc(C#Cc3ccccc3)cc2)CC1)C(=O)NO. The van der Waals surface area contributed by atoms with Gasteiger partial charge in [-0.3, -0.25) is 10.0 Å². The van der Waals surface area contributed by atoms with Crippen LogP contribution in [-0.2, 0) is 4.79 Å². The van der Waals surface area contributed by atoms with Gasteiger partial charge in [-0.05, 0) is 50.2 Å². The predicted octanol–water partition coefficient (Wildman–Crippen LogP) is 1.56. The molecule has 4 N–H and O–H groups in total. The van der Waals surface area contributed by atoms with Crippen molar-refractivity contribution < 1.29 is 19.9 Å². The van der Waals surface area contributed by atoms with E-state index in [9.17, 15) is 14.7 Å². The molecule has 0 aliphatic carbocycles. The first-order valence-corrected chi connectivity index (χ1v) is 10.4. The lowest BCUT2D eigenvalue weighted by Crippen LogP contribution is -2.61. The second-order valence-corrected chi connectivity index (χ2v) is 8.15. The normalized spacial score (nSPS) is 14.8. The molecular weight excluding hydrogens is 408 g/mol. The number of nitrogens with zero attached hydrogens (tertiary/aromatic N) is 2. The Morgan fingerprint density at radius 2 is 1.50 bits per heavy atom. The molecule has 1 aliphatic heterocycles. The highest BCUT2D eigenvalue weighted by atomic mass is 16.5. The zero-order valence-corrected chi connectivity index (χ0v) is 18.2. The Labute approximate surface area is 187 Å². The molecule has 2 aromatic carbocycles. The standard InChI is InChI=1S/C24H28N4O4/c1-24(2,31)21(22(29)26-32)25-23(30)28-16-14-27(15-17-28)20-12-10-19(11-13-20)9-8-18-6-4-3-5-7-18/h3-7,10-13,21,31-32H,14-17H2,1-2H3,(H,25,30)(H,26,29)/t21-/m0/s1. The molecule has 168 valence electrons. The van der Waals surface area contributed by atoms with Gasteiger partial charge in [0.15, 0.2) is 0 Å². The Hall–Kier alpha value is -3.54. The largest absolute Gasteiger partial charge is 0.388 e. The molecule has 3 amide bonds. The lowest BCUT2D eigenvalue weighted by molar-refractivity contribution is -0.136. The van der Waals surface area contributed by atoms with Crippen molar-refractivity contribution in [3.05, 3.63) is 65.7 Å². The Bertz CT molecular complexity index is 983. The third-order valence-corrected chi connectivity index (χ3v) is 5.27. The van der Waals surface area contributed by atoms with Gasteiger partial charge in [-0.1, -0.05) is 30.0 Å². The second kappa shape index (κ2) is 10.2. The highest BCUT2D eigenvalue weighted by Crippen LogP contribution is 2.18. The highest BCUT2D eigenvalue weighted by Gasteiger charge is 2.36. The Kier molecular flexibility index (Phi) is 7.36. The number of carbonyl (C=O) groups is 2. The van der Waals surface area contributed by atoms with E-state index in [0.717, 1.165) is 16.8 Å². The highest BCUT2D eigenvalue weighted by molar-refractivity contribution is 5.87. The van der Waals surface area contributed by atoms with Crippen molar-refractivity contribution in [3.63, 3.8) is 0 Å². The molecule has 8 nitrogen and oxygen atoms in total. The monoisotopic (exact) mass is 436 g/mol. The topological polar surface area (TPSA) is 105 Å². The average molecular weight is 437 g/mol. The van der Waals surface area contributed by atoms with Crippen LogP contribution >= 0.6 is 0 Å². The van der Waals surface area contributed by atoms with Gasteiger partial charge in [0, 0.05) is 43.0 Å². The number of nitrogens with one attached hydrogen (secondary N) is 2. The van der Waals surface area contributed by atoms with Crippen LogP contribution in [0.1, 0.15) is 25.0 Å². The Morgan fingerprint density at radius 3 is 2.03 bits per heavy atom. The molecule has 1 aliphatic rings. The number of carbonyl (C=O) groups excluding carboxylic acids is 2. The van der Waals surface area contributed by atoms with Gasteiger partial charge >= 0.3 is 6.03 Å². The summed E-state index contributed by atoms with van der Waals surface area (Å²) >= 11 is 0. The van der Waals surface area contributed by atoms with E-state index in [1.54, 1.807) is 4.90 Å². The second-order valence-electron chi connectivity index (χ2n) is 8.15. The summed E-state index contributed by atoms with van der Waals surface area (Å²) in [4.78, 5) is 28.1. The maximum atomic E-state index is 12.6. The van der Waals surface area contributed by atoms with Crippen LogP contribution in [0.25, 0.3) is 0 Å². The molecule has 1 heterocycles. The summed E-state index contributed by atoms with van der Waals surface area (Å²) in [6, 6.07) is 16.1. The van der Waals surface area contributed by atoms with Crippen molar-refractivity contribution >= 4 is 17.6 Å². The first kappa shape index (κ1) is 23.1. The number of benzene rings is 2. The van der Waals surface area contributed by atoms with E-state index in [1.165, 1.54) is 19.3 Å². The summed E-state index contributed by atoms with van der Waals surface area (Å²) in [5, 5.41) is 21.5. The van der Waals surface area contributed by atoms with Crippen LogP contribution < -0.4 is 15.7 Å². The van der Waals surface area contributed by atoms with Crippen molar-refractivity contribution in [2.45, 2.75) is 25.5 Å². The lowest BCUT2D eigenvalue weighted by atomic mass is 9.98. The van der Waals surface area contributed by atoms with E-state index in [2.05, 4.69) is 22.1 Å². The van der Waals surface area contributed by atoms with Crippen LogP contribution in [0.15, 0.2) is 54.6 Å². The van der Waals surface area contributed by atoms with Gasteiger partial charge in [-0.15, -0.1) is 0 Å². The van der Waals surface area contributed by atoms with E-state index in [0.29, 0.717) is 26.2 Å². The maximum Gasteiger partial charge on any atom is 0.318 e. The summed E-state index contributed by atoms with van der Waals surface area (Å²) in [6.07, 6.45) is 0. The molecule has 0 radical (unpaired) electrons. The van der Waals surface area contributed by atoms with Crippen molar-refractivity contribution in [2.75, 3.05) is 31.1 Å². The van der Waals surface area contributed by atoms with Crippen LogP contribution in [0.2, 0.25) is 0 Å². The molecule has 32 heavy (non-hydrogen) atoms. The molecule has 0 unspecified atom stereocenters. The number of aliphatic hydroxyl groups is 1. The van der Waals surface area contributed by atoms with E-state index < -0.39 is 23.6 Å². The minimum absolute atomic E-state index is 0.459. The van der Waals surface area contributed by atoms with Crippen molar-refractivity contribution in [1.29, 1.82) is 0 Å². The molecule has 0 bridgehead atoms. The molecule has 1 atom stereocenters. The van der Waals surface area contributed by atoms with Gasteiger partial charge in [0.25, 0.3) is 5.91 Å². The molecular formula is C24H28N4O4. The third kappa shape index (κ3) is 6.00. The number of urea groups is 1. The van der Waals surface area contributed by atoms with E-state index in [4.69, 9.17) is 5.21 Å². The summed E-state index contributed by atoms with van der Waals surface area (Å²) < 4.78 is 0. The zero-order chi connectivity index (χ0) is 23.1. The summed E-state index contributed by atoms with van der Waals surface area (Å²) in [5.74, 6) is 5.42. The number of amides is 3. The maximum absolute atomic E-state index is 12.6. The van der Waals surface area contributed by atoms with E-state index in [-0.39, 0.29) is 0 Å². The van der Waals surface area contributed by atoms with Crippen LogP contribution in [-0.4, -0.2) is 65.0 Å². The first-order valence-electron chi connectivity index (χ1n) is 10.4. The van der Waals surface area contributed by atoms with Crippen LogP contribution in [0, 0.1) is 11.8 Å². The van der Waals surface area contributed by atoms with Crippen LogP contribution in [0.4, 0.5) is 10.5 Å². The summed E-state index contributed by atoms with van der Waals surface area (Å²) in [5.41, 5.74) is 2.89. The van der Waals surface area contributed by atoms with E-state index >= 15 is 0 Å². The van der Waals surface area contributed by atoms with Crippen molar-refractivity contribution in [3.8, 4) is 11.8 Å². The minimum atomic E-state index is -1.53. The third-order valence-electron chi connectivity index (χ3n) is 5.27. The van der Waals surface area contributed by atoms with Crippen molar-refractivity contribution in [1.82, 2.24) is 15.7 Å². The fraction of sp³-hybridized carbons (Fsp3) is 0.333. The van der Waals surface area contributed by atoms with Gasteiger partial charge in [0.2, 0.25) is 0 Å². The van der Waals surface area contributed by atoms with Gasteiger partial charge < -0.3 is 20.2 Å². The first-order chi connectivity index (χ1) is 15.3. The summed E-state index contributed by atoms with van der Waals surface area (Å²) in [7, 11) is 0. The van der Waals surface area contributed by atoms with E-state index in [1.807, 2.05) is 54.6 Å². The molecule has 0 spiro atoms. The Balaban J connectivity index is 1.55. The molecule has 8 heteroatoms. The quantitative estimate of drug-likeness (QED) is 0.331. The van der Waals surface area contributed by atoms with Gasteiger partial charge in [0.05, 0.1) is 5.60 Å². The fourth-order valence-corrected chi connectivity index (χ4v) is 3.43. The molecule has 3 rings (SSSR count). The van der Waals surface area contributed by atoms with Gasteiger partial charge in [-0.25, -0.2) is 10.3 Å². The molecule has 1 saturated heterocycles. The van der Waals surface area contributed by atoms with Crippen molar-refractivity contribution in [2.24, 2.45) is 0 Å². The fourth-order valence-electron chi connectivity index (χ4n) is 3.43. The zero-order valence-electron chi connectivity index (χ0n) is 18.2. The number of hydrogen-bond donors (Lipinski definition) is 4. The molecule has 0 aromatic heterocycles. The number of anilines is 1. The number of hydroxylamine groups is 1. The van der Waals surface area contributed by atoms with Gasteiger partial charge in [0.1, 0.15) is 6.04 Å². The number of hydrogen-bond acceptors (Lipinski definition) is 5. The molecule has 1 fully saturated rings. The average Bonchev–Trinajstić information content (AvgIpc) is 2.81.